The molecule has 0 rings (SSSR count). The minimum absolute atomic E-state index is 0.203. The van der Waals surface area contributed by atoms with E-state index in [1.165, 1.54) is 6.92 Å². The van der Waals surface area contributed by atoms with Gasteiger partial charge < -0.3 is 20.4 Å². The number of hydrogen-bond acceptors (Lipinski definition) is 4. The van der Waals surface area contributed by atoms with Crippen molar-refractivity contribution in [3.8, 4) is 0 Å². The highest BCUT2D eigenvalue weighted by atomic mass is 16.4. The Hall–Kier alpha value is -0.740. The second kappa shape index (κ2) is 4.33. The molecule has 0 radical (unpaired) electrons. The summed E-state index contributed by atoms with van der Waals surface area (Å²) in [4.78, 5) is 0. The van der Waals surface area contributed by atoms with Gasteiger partial charge in [0.05, 0.1) is 0 Å². The van der Waals surface area contributed by atoms with Crippen LogP contribution < -0.4 is 0 Å². The zero-order chi connectivity index (χ0) is 9.89. The molecule has 0 saturated carbocycles. The van der Waals surface area contributed by atoms with Crippen LogP contribution >= 0.6 is 0 Å². The van der Waals surface area contributed by atoms with Crippen LogP contribution in [0.4, 0.5) is 0 Å². The maximum Gasteiger partial charge on any atom is 0.161 e. The minimum atomic E-state index is -1.15. The van der Waals surface area contributed by atoms with Crippen LogP contribution in [0.1, 0.15) is 20.8 Å². The zero-order valence-corrected chi connectivity index (χ0v) is 7.52. The summed E-state index contributed by atoms with van der Waals surface area (Å²) in [5.74, 6) is -1.33. The first-order valence-corrected chi connectivity index (χ1v) is 3.86. The van der Waals surface area contributed by atoms with Gasteiger partial charge in [0, 0.05) is 0 Å². The molecule has 4 N–H and O–H groups in total. The molecule has 0 aromatic carbocycles. The number of hydrogen-bond donors (Lipinski definition) is 4. The molecule has 0 aliphatic heterocycles. The van der Waals surface area contributed by atoms with Crippen LogP contribution in [-0.2, 0) is 0 Å². The van der Waals surface area contributed by atoms with Gasteiger partial charge >= 0.3 is 0 Å². The molecular weight excluding hydrogens is 160 g/mol. The second-order valence-corrected chi connectivity index (χ2v) is 3.14. The van der Waals surface area contributed by atoms with Gasteiger partial charge in [-0.15, -0.1) is 0 Å². The van der Waals surface area contributed by atoms with Crippen molar-refractivity contribution >= 4 is 0 Å². The van der Waals surface area contributed by atoms with E-state index >= 15 is 0 Å². The standard InChI is InChI=1S/C8H16O4/c1-4(2)6(10)8(12)7(11)5(3)9/h4-6,9-12H,1-3H3/b8-7+. The predicted molar refractivity (Wildman–Crippen MR) is 44.8 cm³/mol. The van der Waals surface area contributed by atoms with Gasteiger partial charge in [-0.05, 0) is 12.8 Å². The second-order valence-electron chi connectivity index (χ2n) is 3.14. The van der Waals surface area contributed by atoms with E-state index in [0.717, 1.165) is 0 Å². The Bertz CT molecular complexity index is 172. The van der Waals surface area contributed by atoms with Crippen LogP contribution in [0.25, 0.3) is 0 Å². The van der Waals surface area contributed by atoms with Crippen LogP contribution in [0.5, 0.6) is 0 Å². The van der Waals surface area contributed by atoms with Gasteiger partial charge in [-0.25, -0.2) is 0 Å². The lowest BCUT2D eigenvalue weighted by molar-refractivity contribution is 0.0833. The van der Waals surface area contributed by atoms with Crippen molar-refractivity contribution in [3.63, 3.8) is 0 Å². The van der Waals surface area contributed by atoms with E-state index in [1.807, 2.05) is 0 Å². The van der Waals surface area contributed by atoms with Gasteiger partial charge in [-0.3, -0.25) is 0 Å². The molecular formula is C8H16O4. The third-order valence-electron chi connectivity index (χ3n) is 1.57. The first-order valence-electron chi connectivity index (χ1n) is 3.86. The molecule has 0 saturated heterocycles. The lowest BCUT2D eigenvalue weighted by Gasteiger charge is -2.15. The molecule has 12 heavy (non-hydrogen) atoms. The van der Waals surface area contributed by atoms with E-state index in [4.69, 9.17) is 15.3 Å². The fourth-order valence-corrected chi connectivity index (χ4v) is 0.681. The van der Waals surface area contributed by atoms with Crippen LogP contribution in [0.3, 0.4) is 0 Å². The normalized spacial score (nSPS) is 18.8. The molecule has 0 aliphatic carbocycles. The number of aliphatic hydroxyl groups is 4. The zero-order valence-electron chi connectivity index (χ0n) is 7.52. The summed E-state index contributed by atoms with van der Waals surface area (Å²) < 4.78 is 0. The van der Waals surface area contributed by atoms with Crippen LogP contribution in [0.2, 0.25) is 0 Å². The van der Waals surface area contributed by atoms with E-state index in [0.29, 0.717) is 0 Å². The van der Waals surface area contributed by atoms with Crippen LogP contribution in [0, 0.1) is 5.92 Å². The van der Waals surface area contributed by atoms with Crippen molar-refractivity contribution < 1.29 is 20.4 Å². The SMILES string of the molecule is CC(O)/C(O)=C(\O)C(O)C(C)C. The van der Waals surface area contributed by atoms with Crippen molar-refractivity contribution in [1.29, 1.82) is 0 Å². The fourth-order valence-electron chi connectivity index (χ4n) is 0.681. The Kier molecular flexibility index (Phi) is 4.06. The maximum atomic E-state index is 9.24. The summed E-state index contributed by atoms with van der Waals surface area (Å²) in [5, 5.41) is 36.3. The number of aliphatic hydroxyl groups excluding tert-OH is 4. The highest BCUT2D eigenvalue weighted by Crippen LogP contribution is 2.13. The lowest BCUT2D eigenvalue weighted by Crippen LogP contribution is -2.22. The summed E-state index contributed by atoms with van der Waals surface area (Å²) in [6, 6.07) is 0. The summed E-state index contributed by atoms with van der Waals surface area (Å²) in [6.45, 7) is 4.69. The van der Waals surface area contributed by atoms with E-state index in [2.05, 4.69) is 0 Å². The van der Waals surface area contributed by atoms with Crippen molar-refractivity contribution in [1.82, 2.24) is 0 Å². The smallest absolute Gasteiger partial charge is 0.161 e. The minimum Gasteiger partial charge on any atom is -0.506 e. The van der Waals surface area contributed by atoms with Gasteiger partial charge in [-0.2, -0.15) is 0 Å². The van der Waals surface area contributed by atoms with Crippen LogP contribution in [-0.4, -0.2) is 32.6 Å². The quantitative estimate of drug-likeness (QED) is 0.477. The Labute approximate surface area is 71.8 Å². The third-order valence-corrected chi connectivity index (χ3v) is 1.57. The highest BCUT2D eigenvalue weighted by molar-refractivity contribution is 5.07. The van der Waals surface area contributed by atoms with Gasteiger partial charge in [0.15, 0.2) is 11.5 Å². The number of rotatable bonds is 3. The van der Waals surface area contributed by atoms with E-state index in [-0.39, 0.29) is 5.92 Å². The molecule has 0 heterocycles. The van der Waals surface area contributed by atoms with Gasteiger partial charge in [0.25, 0.3) is 0 Å². The molecule has 0 spiro atoms. The average molecular weight is 176 g/mol. The van der Waals surface area contributed by atoms with Gasteiger partial charge in [0.1, 0.15) is 12.2 Å². The topological polar surface area (TPSA) is 80.9 Å². The molecule has 0 aliphatic rings. The molecule has 0 amide bonds. The van der Waals surface area contributed by atoms with E-state index in [9.17, 15) is 5.11 Å². The molecule has 0 fully saturated rings. The summed E-state index contributed by atoms with van der Waals surface area (Å²) >= 11 is 0. The Balaban J connectivity index is 4.54. The van der Waals surface area contributed by atoms with Gasteiger partial charge in [0.2, 0.25) is 0 Å². The lowest BCUT2D eigenvalue weighted by atomic mass is 10.0. The first-order chi connectivity index (χ1) is 5.37. The molecule has 4 heteroatoms. The Morgan fingerprint density at radius 2 is 1.33 bits per heavy atom. The monoisotopic (exact) mass is 176 g/mol. The third kappa shape index (κ3) is 2.71. The van der Waals surface area contributed by atoms with Crippen molar-refractivity contribution in [2.75, 3.05) is 0 Å². The molecule has 0 aromatic heterocycles. The van der Waals surface area contributed by atoms with Crippen LogP contribution in [0.15, 0.2) is 11.5 Å². The first kappa shape index (κ1) is 11.3. The Morgan fingerprint density at radius 1 is 0.917 bits per heavy atom. The predicted octanol–water partition coefficient (Wildman–Crippen LogP) is 0.712. The summed E-state index contributed by atoms with van der Waals surface area (Å²) in [5.41, 5.74) is 0. The molecule has 0 bridgehead atoms. The summed E-state index contributed by atoms with van der Waals surface area (Å²) in [7, 11) is 0. The van der Waals surface area contributed by atoms with Crippen molar-refractivity contribution in [2.45, 2.75) is 33.0 Å². The molecule has 2 unspecified atom stereocenters. The molecule has 4 nitrogen and oxygen atoms in total. The molecule has 72 valence electrons. The molecule has 0 aromatic rings. The van der Waals surface area contributed by atoms with Gasteiger partial charge in [-0.1, -0.05) is 13.8 Å². The van der Waals surface area contributed by atoms with Crippen molar-refractivity contribution in [3.05, 3.63) is 11.5 Å². The Morgan fingerprint density at radius 3 is 1.58 bits per heavy atom. The fraction of sp³-hybridized carbons (Fsp3) is 0.750. The maximum absolute atomic E-state index is 9.24. The molecule has 2 atom stereocenters. The van der Waals surface area contributed by atoms with Crippen molar-refractivity contribution in [2.24, 2.45) is 5.92 Å². The summed E-state index contributed by atoms with van der Waals surface area (Å²) in [6.07, 6.45) is -2.28. The largest absolute Gasteiger partial charge is 0.506 e. The highest BCUT2D eigenvalue weighted by Gasteiger charge is 2.20. The average Bonchev–Trinajstić information content (AvgIpc) is 2.00. The van der Waals surface area contributed by atoms with E-state index < -0.39 is 23.7 Å². The van der Waals surface area contributed by atoms with E-state index in [1.54, 1.807) is 13.8 Å².